The summed E-state index contributed by atoms with van der Waals surface area (Å²) in [4.78, 5) is 2.55. The largest absolute Gasteiger partial charge is 0.368 e. The molecule has 2 rings (SSSR count). The highest BCUT2D eigenvalue weighted by atomic mass is 35.5. The van der Waals surface area contributed by atoms with E-state index in [2.05, 4.69) is 50.0 Å². The summed E-state index contributed by atoms with van der Waals surface area (Å²) in [5.41, 5.74) is 2.80. The van der Waals surface area contributed by atoms with E-state index in [4.69, 9.17) is 11.6 Å². The summed E-state index contributed by atoms with van der Waals surface area (Å²) < 4.78 is 0. The number of anilines is 1. The molecule has 0 unspecified atom stereocenters. The molecule has 112 valence electrons. The second-order valence-electron chi connectivity index (χ2n) is 6.80. The van der Waals surface area contributed by atoms with Crippen LogP contribution in [0.3, 0.4) is 0 Å². The molecule has 1 fully saturated rings. The molecule has 0 saturated heterocycles. The smallest absolute Gasteiger partial charge is 0.0429 e. The molecular formula is C17H27ClN2. The van der Waals surface area contributed by atoms with Crippen molar-refractivity contribution in [3.05, 3.63) is 28.8 Å². The summed E-state index contributed by atoms with van der Waals surface area (Å²) in [5.74, 6) is 0. The zero-order valence-corrected chi connectivity index (χ0v) is 13.9. The fraction of sp³-hybridized carbons (Fsp3) is 0.647. The number of halogens is 1. The van der Waals surface area contributed by atoms with E-state index < -0.39 is 0 Å². The highest BCUT2D eigenvalue weighted by Crippen LogP contribution is 2.35. The lowest BCUT2D eigenvalue weighted by molar-refractivity contribution is 0.424. The van der Waals surface area contributed by atoms with Crippen molar-refractivity contribution in [1.82, 2.24) is 5.32 Å². The van der Waals surface area contributed by atoms with Crippen molar-refractivity contribution in [1.29, 1.82) is 0 Å². The van der Waals surface area contributed by atoms with Crippen molar-refractivity contribution in [2.45, 2.75) is 65.1 Å². The summed E-state index contributed by atoms with van der Waals surface area (Å²) in [5, 5.41) is 4.42. The van der Waals surface area contributed by atoms with Crippen molar-refractivity contribution in [3.8, 4) is 0 Å². The third-order valence-corrected chi connectivity index (χ3v) is 3.85. The van der Waals surface area contributed by atoms with Crippen molar-refractivity contribution in [2.24, 2.45) is 0 Å². The van der Waals surface area contributed by atoms with E-state index in [0.29, 0.717) is 0 Å². The van der Waals surface area contributed by atoms with Crippen molar-refractivity contribution in [3.63, 3.8) is 0 Å². The Labute approximate surface area is 128 Å². The second kappa shape index (κ2) is 6.36. The third kappa shape index (κ3) is 4.39. The Balaban J connectivity index is 2.22. The molecular weight excluding hydrogens is 268 g/mol. The molecule has 1 aromatic rings. The molecule has 1 aliphatic rings. The summed E-state index contributed by atoms with van der Waals surface area (Å²) in [7, 11) is 0. The van der Waals surface area contributed by atoms with Gasteiger partial charge in [0, 0.05) is 35.4 Å². The van der Waals surface area contributed by atoms with E-state index in [1.807, 2.05) is 6.07 Å². The summed E-state index contributed by atoms with van der Waals surface area (Å²) in [6.45, 7) is 10.9. The van der Waals surface area contributed by atoms with Crippen LogP contribution in [0.2, 0.25) is 5.02 Å². The van der Waals surface area contributed by atoms with Gasteiger partial charge in [-0.05, 0) is 57.7 Å². The van der Waals surface area contributed by atoms with E-state index in [9.17, 15) is 0 Å². The SMILES string of the molecule is CCCN(c1cc(Cl)ccc1CNC(C)(C)C)C1CC1. The van der Waals surface area contributed by atoms with Gasteiger partial charge in [0.25, 0.3) is 0 Å². The number of rotatable bonds is 6. The van der Waals surface area contributed by atoms with Crippen LogP contribution in [0.5, 0.6) is 0 Å². The quantitative estimate of drug-likeness (QED) is 0.824. The molecule has 1 aliphatic carbocycles. The van der Waals surface area contributed by atoms with E-state index in [0.717, 1.165) is 24.2 Å². The molecule has 0 atom stereocenters. The van der Waals surface area contributed by atoms with E-state index >= 15 is 0 Å². The predicted molar refractivity (Wildman–Crippen MR) is 88.7 cm³/mol. The topological polar surface area (TPSA) is 15.3 Å². The van der Waals surface area contributed by atoms with Crippen LogP contribution in [0.15, 0.2) is 18.2 Å². The standard InChI is InChI=1S/C17H27ClN2/c1-5-10-20(15-8-9-15)16-11-14(18)7-6-13(16)12-19-17(2,3)4/h6-7,11,15,19H,5,8-10,12H2,1-4H3. The molecule has 0 spiro atoms. The van der Waals surface area contributed by atoms with Crippen LogP contribution in [0.25, 0.3) is 0 Å². The van der Waals surface area contributed by atoms with Gasteiger partial charge in [-0.15, -0.1) is 0 Å². The van der Waals surface area contributed by atoms with Crippen LogP contribution >= 0.6 is 11.6 Å². The lowest BCUT2D eigenvalue weighted by atomic mass is 10.1. The van der Waals surface area contributed by atoms with Crippen LogP contribution in [-0.2, 0) is 6.54 Å². The zero-order valence-electron chi connectivity index (χ0n) is 13.2. The Morgan fingerprint density at radius 2 is 2.00 bits per heavy atom. The van der Waals surface area contributed by atoms with Crippen LogP contribution < -0.4 is 10.2 Å². The normalized spacial score (nSPS) is 15.4. The fourth-order valence-electron chi connectivity index (χ4n) is 2.44. The van der Waals surface area contributed by atoms with Crippen molar-refractivity contribution in [2.75, 3.05) is 11.4 Å². The van der Waals surface area contributed by atoms with Crippen molar-refractivity contribution < 1.29 is 0 Å². The van der Waals surface area contributed by atoms with Gasteiger partial charge in [-0.1, -0.05) is 24.6 Å². The molecule has 3 heteroatoms. The molecule has 0 radical (unpaired) electrons. The summed E-state index contributed by atoms with van der Waals surface area (Å²) in [6, 6.07) is 7.03. The third-order valence-electron chi connectivity index (χ3n) is 3.62. The van der Waals surface area contributed by atoms with Gasteiger partial charge in [0.2, 0.25) is 0 Å². The Kier molecular flexibility index (Phi) is 4.98. The Bertz CT molecular complexity index is 447. The molecule has 0 bridgehead atoms. The van der Waals surface area contributed by atoms with Gasteiger partial charge in [-0.2, -0.15) is 0 Å². The first-order chi connectivity index (χ1) is 9.40. The molecule has 0 aliphatic heterocycles. The maximum absolute atomic E-state index is 6.23. The molecule has 1 saturated carbocycles. The Morgan fingerprint density at radius 3 is 2.55 bits per heavy atom. The lowest BCUT2D eigenvalue weighted by Gasteiger charge is -2.28. The first kappa shape index (κ1) is 15.7. The Hall–Kier alpha value is -0.730. The lowest BCUT2D eigenvalue weighted by Crippen LogP contribution is -2.36. The van der Waals surface area contributed by atoms with Gasteiger partial charge < -0.3 is 10.2 Å². The predicted octanol–water partition coefficient (Wildman–Crippen LogP) is 4.61. The summed E-state index contributed by atoms with van der Waals surface area (Å²) >= 11 is 6.23. The van der Waals surface area contributed by atoms with Crippen LogP contribution in [-0.4, -0.2) is 18.1 Å². The van der Waals surface area contributed by atoms with Gasteiger partial charge in [-0.25, -0.2) is 0 Å². The number of hydrogen-bond acceptors (Lipinski definition) is 2. The van der Waals surface area contributed by atoms with Crippen LogP contribution in [0.4, 0.5) is 5.69 Å². The van der Waals surface area contributed by atoms with Gasteiger partial charge in [0.15, 0.2) is 0 Å². The minimum atomic E-state index is 0.131. The highest BCUT2D eigenvalue weighted by Gasteiger charge is 2.30. The molecule has 1 N–H and O–H groups in total. The molecule has 0 amide bonds. The first-order valence-corrected chi connectivity index (χ1v) is 8.08. The molecule has 2 nitrogen and oxygen atoms in total. The average Bonchev–Trinajstić information content (AvgIpc) is 3.17. The van der Waals surface area contributed by atoms with E-state index in [1.165, 1.54) is 30.5 Å². The molecule has 1 aromatic carbocycles. The van der Waals surface area contributed by atoms with Gasteiger partial charge in [0.1, 0.15) is 0 Å². The van der Waals surface area contributed by atoms with Crippen LogP contribution in [0, 0.1) is 0 Å². The average molecular weight is 295 g/mol. The highest BCUT2D eigenvalue weighted by molar-refractivity contribution is 6.30. The monoisotopic (exact) mass is 294 g/mol. The Morgan fingerprint density at radius 1 is 1.30 bits per heavy atom. The van der Waals surface area contributed by atoms with Gasteiger partial charge in [-0.3, -0.25) is 0 Å². The van der Waals surface area contributed by atoms with Gasteiger partial charge >= 0.3 is 0 Å². The first-order valence-electron chi connectivity index (χ1n) is 7.71. The minimum absolute atomic E-state index is 0.131. The van der Waals surface area contributed by atoms with Crippen LogP contribution in [0.1, 0.15) is 52.5 Å². The van der Waals surface area contributed by atoms with E-state index in [1.54, 1.807) is 0 Å². The molecule has 0 aromatic heterocycles. The zero-order chi connectivity index (χ0) is 14.8. The minimum Gasteiger partial charge on any atom is -0.368 e. The van der Waals surface area contributed by atoms with Crippen molar-refractivity contribution >= 4 is 17.3 Å². The number of nitrogens with zero attached hydrogens (tertiary/aromatic N) is 1. The second-order valence-corrected chi connectivity index (χ2v) is 7.24. The summed E-state index contributed by atoms with van der Waals surface area (Å²) in [6.07, 6.45) is 3.81. The maximum Gasteiger partial charge on any atom is 0.0429 e. The maximum atomic E-state index is 6.23. The van der Waals surface area contributed by atoms with Gasteiger partial charge in [0.05, 0.1) is 0 Å². The molecule has 20 heavy (non-hydrogen) atoms. The number of benzene rings is 1. The molecule has 0 heterocycles. The fourth-order valence-corrected chi connectivity index (χ4v) is 2.61. The number of nitrogens with one attached hydrogen (secondary N) is 1. The number of hydrogen-bond donors (Lipinski definition) is 1. The van der Waals surface area contributed by atoms with E-state index in [-0.39, 0.29) is 5.54 Å².